The highest BCUT2D eigenvalue weighted by Gasteiger charge is 2.08. The van der Waals surface area contributed by atoms with Crippen LogP contribution < -0.4 is 10.6 Å². The first-order chi connectivity index (χ1) is 13.1. The molecule has 4 nitrogen and oxygen atoms in total. The number of halogens is 1. The van der Waals surface area contributed by atoms with Gasteiger partial charge in [-0.15, -0.1) is 0 Å². The molecule has 3 aromatic rings. The van der Waals surface area contributed by atoms with E-state index >= 15 is 0 Å². The number of rotatable bonds is 7. The SMILES string of the molecule is Cc1ccccc1CNC(=O)c1cc(NCCc2ccc(F)cc2)ccn1. The molecule has 2 aromatic carbocycles. The lowest BCUT2D eigenvalue weighted by atomic mass is 10.1. The number of anilines is 1. The molecule has 2 N–H and O–H groups in total. The quantitative estimate of drug-likeness (QED) is 0.664. The van der Waals surface area contributed by atoms with E-state index in [1.807, 2.05) is 37.3 Å². The molecule has 0 bridgehead atoms. The second-order valence-electron chi connectivity index (χ2n) is 6.34. The van der Waals surface area contributed by atoms with Crippen LogP contribution in [0.3, 0.4) is 0 Å². The fourth-order valence-corrected chi connectivity index (χ4v) is 2.74. The van der Waals surface area contributed by atoms with Crippen molar-refractivity contribution in [1.82, 2.24) is 10.3 Å². The third kappa shape index (κ3) is 5.38. The second-order valence-corrected chi connectivity index (χ2v) is 6.34. The van der Waals surface area contributed by atoms with Crippen molar-refractivity contribution in [2.45, 2.75) is 19.9 Å². The minimum Gasteiger partial charge on any atom is -0.385 e. The largest absolute Gasteiger partial charge is 0.385 e. The molecule has 138 valence electrons. The van der Waals surface area contributed by atoms with Crippen molar-refractivity contribution in [1.29, 1.82) is 0 Å². The molecule has 1 amide bonds. The standard InChI is InChI=1S/C22H22FN3O/c1-16-4-2-3-5-18(16)15-26-22(27)21-14-20(11-13-25-21)24-12-10-17-6-8-19(23)9-7-17/h2-9,11,13-14H,10,12,15H2,1H3,(H,24,25)(H,26,27). The molecule has 0 saturated heterocycles. The Balaban J connectivity index is 1.53. The van der Waals surface area contributed by atoms with Crippen molar-refractivity contribution >= 4 is 11.6 Å². The number of amides is 1. The molecule has 0 aliphatic carbocycles. The highest BCUT2D eigenvalue weighted by Crippen LogP contribution is 2.11. The summed E-state index contributed by atoms with van der Waals surface area (Å²) >= 11 is 0. The summed E-state index contributed by atoms with van der Waals surface area (Å²) in [4.78, 5) is 16.5. The number of pyridine rings is 1. The smallest absolute Gasteiger partial charge is 0.270 e. The lowest BCUT2D eigenvalue weighted by molar-refractivity contribution is 0.0946. The number of hydrogen-bond donors (Lipinski definition) is 2. The summed E-state index contributed by atoms with van der Waals surface area (Å²) in [6, 6.07) is 18.0. The Hall–Kier alpha value is -3.21. The summed E-state index contributed by atoms with van der Waals surface area (Å²) in [5, 5.41) is 6.18. The fourth-order valence-electron chi connectivity index (χ4n) is 2.74. The van der Waals surface area contributed by atoms with Gasteiger partial charge in [-0.25, -0.2) is 4.39 Å². The zero-order chi connectivity index (χ0) is 19.1. The van der Waals surface area contributed by atoms with Gasteiger partial charge in [-0.1, -0.05) is 36.4 Å². The topological polar surface area (TPSA) is 54.0 Å². The number of carbonyl (C=O) groups excluding carboxylic acids is 1. The van der Waals surface area contributed by atoms with Gasteiger partial charge in [-0.2, -0.15) is 0 Å². The van der Waals surface area contributed by atoms with E-state index in [9.17, 15) is 9.18 Å². The van der Waals surface area contributed by atoms with E-state index in [1.54, 1.807) is 24.4 Å². The number of benzene rings is 2. The number of nitrogens with one attached hydrogen (secondary N) is 2. The van der Waals surface area contributed by atoms with Crippen molar-refractivity contribution in [2.24, 2.45) is 0 Å². The second kappa shape index (κ2) is 8.94. The van der Waals surface area contributed by atoms with Gasteiger partial charge in [0.25, 0.3) is 5.91 Å². The van der Waals surface area contributed by atoms with Gasteiger partial charge in [0, 0.05) is 25.0 Å². The average Bonchev–Trinajstić information content (AvgIpc) is 2.69. The van der Waals surface area contributed by atoms with Gasteiger partial charge >= 0.3 is 0 Å². The van der Waals surface area contributed by atoms with E-state index in [1.165, 1.54) is 12.1 Å². The molecular weight excluding hydrogens is 341 g/mol. The molecule has 0 radical (unpaired) electrons. The van der Waals surface area contributed by atoms with Crippen molar-refractivity contribution in [3.05, 3.63) is 95.1 Å². The Bertz CT molecular complexity index is 909. The first-order valence-corrected chi connectivity index (χ1v) is 8.89. The van der Waals surface area contributed by atoms with Crippen LogP contribution in [0, 0.1) is 12.7 Å². The molecule has 1 heterocycles. The van der Waals surface area contributed by atoms with Gasteiger partial charge < -0.3 is 10.6 Å². The van der Waals surface area contributed by atoms with Crippen molar-refractivity contribution in [2.75, 3.05) is 11.9 Å². The Kier molecular flexibility index (Phi) is 6.15. The first-order valence-electron chi connectivity index (χ1n) is 8.89. The summed E-state index contributed by atoms with van der Waals surface area (Å²) in [7, 11) is 0. The maximum Gasteiger partial charge on any atom is 0.270 e. The van der Waals surface area contributed by atoms with E-state index in [-0.39, 0.29) is 11.7 Å². The normalized spacial score (nSPS) is 10.4. The van der Waals surface area contributed by atoms with Crippen LogP contribution in [-0.2, 0) is 13.0 Å². The van der Waals surface area contributed by atoms with E-state index in [4.69, 9.17) is 0 Å². The Morgan fingerprint density at radius 2 is 1.85 bits per heavy atom. The first kappa shape index (κ1) is 18.6. The lowest BCUT2D eigenvalue weighted by Crippen LogP contribution is -2.24. The monoisotopic (exact) mass is 363 g/mol. The van der Waals surface area contributed by atoms with Crippen LogP contribution in [0.25, 0.3) is 0 Å². The van der Waals surface area contributed by atoms with Crippen LogP contribution in [-0.4, -0.2) is 17.4 Å². The van der Waals surface area contributed by atoms with E-state index < -0.39 is 0 Å². The van der Waals surface area contributed by atoms with Gasteiger partial charge in [-0.05, 0) is 54.3 Å². The summed E-state index contributed by atoms with van der Waals surface area (Å²) in [6.07, 6.45) is 2.38. The van der Waals surface area contributed by atoms with Gasteiger partial charge in [0.2, 0.25) is 0 Å². The van der Waals surface area contributed by atoms with Crippen molar-refractivity contribution in [3.63, 3.8) is 0 Å². The van der Waals surface area contributed by atoms with Crippen LogP contribution in [0.5, 0.6) is 0 Å². The molecule has 3 rings (SSSR count). The summed E-state index contributed by atoms with van der Waals surface area (Å²) < 4.78 is 12.9. The molecule has 0 spiro atoms. The van der Waals surface area contributed by atoms with Gasteiger partial charge in [0.15, 0.2) is 0 Å². The number of nitrogens with zero attached hydrogens (tertiary/aromatic N) is 1. The van der Waals surface area contributed by atoms with Gasteiger partial charge in [0.1, 0.15) is 11.5 Å². The third-order valence-corrected chi connectivity index (χ3v) is 4.35. The Morgan fingerprint density at radius 1 is 1.07 bits per heavy atom. The maximum atomic E-state index is 12.9. The summed E-state index contributed by atoms with van der Waals surface area (Å²) in [5.74, 6) is -0.442. The van der Waals surface area contributed by atoms with Crippen LogP contribution in [0.2, 0.25) is 0 Å². The van der Waals surface area contributed by atoms with Crippen molar-refractivity contribution in [3.8, 4) is 0 Å². The van der Waals surface area contributed by atoms with Crippen LogP contribution in [0.15, 0.2) is 66.9 Å². The van der Waals surface area contributed by atoms with E-state index in [0.29, 0.717) is 18.8 Å². The number of aromatic nitrogens is 1. The van der Waals surface area contributed by atoms with Crippen LogP contribution >= 0.6 is 0 Å². The maximum absolute atomic E-state index is 12.9. The average molecular weight is 363 g/mol. The zero-order valence-corrected chi connectivity index (χ0v) is 15.2. The van der Waals surface area contributed by atoms with Crippen LogP contribution in [0.4, 0.5) is 10.1 Å². The predicted octanol–water partition coefficient (Wildman–Crippen LogP) is 4.11. The van der Waals surface area contributed by atoms with Gasteiger partial charge in [-0.3, -0.25) is 9.78 Å². The molecule has 1 aromatic heterocycles. The number of hydrogen-bond acceptors (Lipinski definition) is 3. The van der Waals surface area contributed by atoms with E-state index in [0.717, 1.165) is 28.8 Å². The van der Waals surface area contributed by atoms with Crippen molar-refractivity contribution < 1.29 is 9.18 Å². The summed E-state index contributed by atoms with van der Waals surface area (Å²) in [6.45, 7) is 3.17. The Labute approximate surface area is 158 Å². The minimum atomic E-state index is -0.234. The molecule has 0 saturated carbocycles. The van der Waals surface area contributed by atoms with Crippen LogP contribution in [0.1, 0.15) is 27.2 Å². The molecule has 0 unspecified atom stereocenters. The lowest BCUT2D eigenvalue weighted by Gasteiger charge is -2.10. The zero-order valence-electron chi connectivity index (χ0n) is 15.2. The molecule has 0 atom stereocenters. The molecular formula is C22H22FN3O. The number of carbonyl (C=O) groups is 1. The molecule has 0 aliphatic heterocycles. The molecule has 0 fully saturated rings. The summed E-state index contributed by atoms with van der Waals surface area (Å²) in [5.41, 5.74) is 4.47. The highest BCUT2D eigenvalue weighted by atomic mass is 19.1. The molecule has 0 aliphatic rings. The predicted molar refractivity (Wildman–Crippen MR) is 105 cm³/mol. The minimum absolute atomic E-state index is 0.208. The van der Waals surface area contributed by atoms with E-state index in [2.05, 4.69) is 15.6 Å². The third-order valence-electron chi connectivity index (χ3n) is 4.35. The molecule has 5 heteroatoms. The highest BCUT2D eigenvalue weighted by molar-refractivity contribution is 5.93. The Morgan fingerprint density at radius 3 is 2.63 bits per heavy atom. The van der Waals surface area contributed by atoms with Gasteiger partial charge in [0.05, 0.1) is 0 Å². The molecule has 27 heavy (non-hydrogen) atoms. The fraction of sp³-hybridized carbons (Fsp3) is 0.182. The number of aryl methyl sites for hydroxylation is 1.